The number of hydrogen-bond donors (Lipinski definition) is 2. The highest BCUT2D eigenvalue weighted by molar-refractivity contribution is 5.98. The summed E-state index contributed by atoms with van der Waals surface area (Å²) in [6, 6.07) is 5.41. The van der Waals surface area contributed by atoms with Crippen LogP contribution in [-0.2, 0) is 9.59 Å². The van der Waals surface area contributed by atoms with Gasteiger partial charge in [-0.1, -0.05) is 13.3 Å². The Bertz CT molecular complexity index is 824. The zero-order valence-corrected chi connectivity index (χ0v) is 15.3. The number of H-pyrrole nitrogens is 1. The Morgan fingerprint density at radius 3 is 2.81 bits per heavy atom. The molecule has 1 unspecified atom stereocenters. The molecule has 2 N–H and O–H groups in total. The second kappa shape index (κ2) is 7.09. The van der Waals surface area contributed by atoms with Gasteiger partial charge in [0, 0.05) is 24.6 Å². The van der Waals surface area contributed by atoms with Gasteiger partial charge in [0.1, 0.15) is 11.9 Å². The number of fused-ring (bicyclic) bond motifs is 1. The molecule has 1 aromatic heterocycles. The second-order valence-corrected chi connectivity index (χ2v) is 7.42. The van der Waals surface area contributed by atoms with E-state index in [0.29, 0.717) is 18.9 Å². The highest BCUT2D eigenvalue weighted by Gasteiger charge is 2.31. The maximum absolute atomic E-state index is 12.8. The van der Waals surface area contributed by atoms with Gasteiger partial charge in [0.15, 0.2) is 0 Å². The van der Waals surface area contributed by atoms with Crippen LogP contribution >= 0.6 is 0 Å². The lowest BCUT2D eigenvalue weighted by Gasteiger charge is -2.34. The van der Waals surface area contributed by atoms with Crippen molar-refractivity contribution < 1.29 is 9.59 Å². The van der Waals surface area contributed by atoms with Crippen LogP contribution in [0.3, 0.4) is 0 Å². The van der Waals surface area contributed by atoms with Gasteiger partial charge in [-0.3, -0.25) is 9.59 Å². The molecule has 2 aliphatic rings. The van der Waals surface area contributed by atoms with Crippen LogP contribution in [0.5, 0.6) is 0 Å². The molecule has 0 spiro atoms. The molecule has 1 atom stereocenters. The van der Waals surface area contributed by atoms with Crippen LogP contribution in [0.2, 0.25) is 0 Å². The third-order valence-electron chi connectivity index (χ3n) is 5.69. The number of piperidine rings is 1. The Labute approximate surface area is 153 Å². The van der Waals surface area contributed by atoms with Crippen LogP contribution in [0, 0.1) is 0 Å². The average Bonchev–Trinajstić information content (AvgIpc) is 3.01. The predicted octanol–water partition coefficient (Wildman–Crippen LogP) is 3.56. The van der Waals surface area contributed by atoms with Gasteiger partial charge >= 0.3 is 0 Å². The Morgan fingerprint density at radius 2 is 2.08 bits per heavy atom. The van der Waals surface area contributed by atoms with Crippen molar-refractivity contribution in [3.05, 3.63) is 24.0 Å². The number of aromatic nitrogens is 2. The second-order valence-electron chi connectivity index (χ2n) is 7.42. The Morgan fingerprint density at radius 1 is 1.23 bits per heavy atom. The van der Waals surface area contributed by atoms with Crippen LogP contribution in [0.15, 0.2) is 18.2 Å². The average molecular weight is 354 g/mol. The molecule has 1 aromatic carbocycles. The molecule has 0 bridgehead atoms. The van der Waals surface area contributed by atoms with Crippen molar-refractivity contribution in [2.24, 2.45) is 0 Å². The summed E-state index contributed by atoms with van der Waals surface area (Å²) in [6.07, 6.45) is 6.80. The van der Waals surface area contributed by atoms with Gasteiger partial charge in [-0.15, -0.1) is 0 Å². The molecular formula is C20H26N4O2. The van der Waals surface area contributed by atoms with E-state index < -0.39 is 0 Å². The number of imidazole rings is 1. The summed E-state index contributed by atoms with van der Waals surface area (Å²) >= 11 is 0. The van der Waals surface area contributed by atoms with Crippen LogP contribution in [0.25, 0.3) is 11.0 Å². The molecule has 26 heavy (non-hydrogen) atoms. The first-order chi connectivity index (χ1) is 12.7. The smallest absolute Gasteiger partial charge is 0.247 e. The first-order valence-corrected chi connectivity index (χ1v) is 9.75. The minimum Gasteiger partial charge on any atom is -0.342 e. The fraction of sp³-hybridized carbons (Fsp3) is 0.550. The maximum Gasteiger partial charge on any atom is 0.247 e. The van der Waals surface area contributed by atoms with Crippen molar-refractivity contribution in [2.45, 2.75) is 63.8 Å². The van der Waals surface area contributed by atoms with Crippen LogP contribution in [0.4, 0.5) is 5.69 Å². The number of likely N-dealkylation sites (tertiary alicyclic amines) is 1. The number of rotatable bonds is 4. The van der Waals surface area contributed by atoms with Gasteiger partial charge < -0.3 is 15.2 Å². The zero-order valence-electron chi connectivity index (χ0n) is 15.3. The number of amides is 2. The standard InChI is InChI=1S/C20H26N4O2/c1-2-18(25)24-11-4-3-8-17(24)20(26)21-14-9-10-15-16(12-14)23-19(22-15)13-6-5-7-13/h9-10,12-13,17H,2-8,11H2,1H3,(H,21,26)(H,22,23). The zero-order chi connectivity index (χ0) is 18.1. The van der Waals surface area contributed by atoms with Gasteiger partial charge in [-0.2, -0.15) is 0 Å². The van der Waals surface area contributed by atoms with E-state index in [1.807, 2.05) is 25.1 Å². The molecule has 6 nitrogen and oxygen atoms in total. The minimum atomic E-state index is -0.362. The molecule has 1 saturated carbocycles. The van der Waals surface area contributed by atoms with Crippen molar-refractivity contribution >= 4 is 28.5 Å². The van der Waals surface area contributed by atoms with Crippen molar-refractivity contribution in [1.82, 2.24) is 14.9 Å². The van der Waals surface area contributed by atoms with E-state index in [0.717, 1.165) is 41.8 Å². The number of hydrogen-bond acceptors (Lipinski definition) is 3. The van der Waals surface area contributed by atoms with E-state index in [2.05, 4.69) is 15.3 Å². The van der Waals surface area contributed by atoms with Crippen LogP contribution in [-0.4, -0.2) is 39.3 Å². The van der Waals surface area contributed by atoms with E-state index in [-0.39, 0.29) is 17.9 Å². The predicted molar refractivity (Wildman–Crippen MR) is 101 cm³/mol. The monoisotopic (exact) mass is 354 g/mol. The first-order valence-electron chi connectivity index (χ1n) is 9.75. The summed E-state index contributed by atoms with van der Waals surface area (Å²) in [5.74, 6) is 1.57. The number of nitrogens with zero attached hydrogens (tertiary/aromatic N) is 2. The third-order valence-corrected chi connectivity index (χ3v) is 5.69. The van der Waals surface area contributed by atoms with Gasteiger partial charge in [0.25, 0.3) is 0 Å². The largest absolute Gasteiger partial charge is 0.342 e. The summed E-state index contributed by atoms with van der Waals surface area (Å²) in [5, 5.41) is 3.00. The molecule has 2 fully saturated rings. The molecule has 1 saturated heterocycles. The molecule has 138 valence electrons. The molecule has 1 aliphatic heterocycles. The highest BCUT2D eigenvalue weighted by Crippen LogP contribution is 2.35. The van der Waals surface area contributed by atoms with Crippen LogP contribution in [0.1, 0.15) is 63.6 Å². The number of carbonyl (C=O) groups is 2. The maximum atomic E-state index is 12.8. The first kappa shape index (κ1) is 17.1. The molecule has 2 aromatic rings. The normalized spacial score (nSPS) is 20.8. The number of aromatic amines is 1. The number of benzene rings is 1. The minimum absolute atomic E-state index is 0.0546. The third kappa shape index (κ3) is 3.20. The number of nitrogens with one attached hydrogen (secondary N) is 2. The van der Waals surface area contributed by atoms with Gasteiger partial charge in [0.2, 0.25) is 11.8 Å². The summed E-state index contributed by atoms with van der Waals surface area (Å²) in [4.78, 5) is 34.7. The lowest BCUT2D eigenvalue weighted by atomic mass is 9.85. The highest BCUT2D eigenvalue weighted by atomic mass is 16.2. The summed E-state index contributed by atoms with van der Waals surface area (Å²) in [5.41, 5.74) is 2.64. The fourth-order valence-corrected chi connectivity index (χ4v) is 3.91. The molecule has 2 amide bonds. The quantitative estimate of drug-likeness (QED) is 0.881. The van der Waals surface area contributed by atoms with E-state index in [9.17, 15) is 9.59 Å². The van der Waals surface area contributed by atoms with E-state index in [1.54, 1.807) is 4.90 Å². The Hall–Kier alpha value is -2.37. The Kier molecular flexibility index (Phi) is 4.66. The molecule has 0 radical (unpaired) electrons. The Balaban J connectivity index is 1.50. The van der Waals surface area contributed by atoms with Crippen molar-refractivity contribution in [1.29, 1.82) is 0 Å². The SMILES string of the molecule is CCC(=O)N1CCCCC1C(=O)Nc1ccc2nc(C3CCC3)[nH]c2c1. The van der Waals surface area contributed by atoms with Crippen molar-refractivity contribution in [3.8, 4) is 0 Å². The summed E-state index contributed by atoms with van der Waals surface area (Å²) in [6.45, 7) is 2.52. The van der Waals surface area contributed by atoms with Gasteiger partial charge in [-0.05, 0) is 50.3 Å². The molecular weight excluding hydrogens is 328 g/mol. The lowest BCUT2D eigenvalue weighted by molar-refractivity contribution is -0.140. The van der Waals surface area contributed by atoms with Gasteiger partial charge in [0.05, 0.1) is 11.0 Å². The fourth-order valence-electron chi connectivity index (χ4n) is 3.91. The van der Waals surface area contributed by atoms with Crippen molar-refractivity contribution in [3.63, 3.8) is 0 Å². The van der Waals surface area contributed by atoms with Gasteiger partial charge in [-0.25, -0.2) is 4.98 Å². The van der Waals surface area contributed by atoms with E-state index in [1.165, 1.54) is 19.3 Å². The van der Waals surface area contributed by atoms with E-state index >= 15 is 0 Å². The molecule has 2 heterocycles. The summed E-state index contributed by atoms with van der Waals surface area (Å²) < 4.78 is 0. The summed E-state index contributed by atoms with van der Waals surface area (Å²) in [7, 11) is 0. The number of anilines is 1. The van der Waals surface area contributed by atoms with Crippen molar-refractivity contribution in [2.75, 3.05) is 11.9 Å². The molecule has 4 rings (SSSR count). The van der Waals surface area contributed by atoms with Crippen LogP contribution < -0.4 is 5.32 Å². The molecule has 1 aliphatic carbocycles. The lowest BCUT2D eigenvalue weighted by Crippen LogP contribution is -2.49. The van der Waals surface area contributed by atoms with E-state index in [4.69, 9.17) is 0 Å². The number of carbonyl (C=O) groups excluding carboxylic acids is 2. The molecule has 6 heteroatoms. The topological polar surface area (TPSA) is 78.1 Å².